The maximum atomic E-state index is 12.8. The fourth-order valence-electron chi connectivity index (χ4n) is 3.16. The molecular formula is C20H16O10. The molecule has 0 aromatic heterocycles. The number of carbonyl (C=O) groups excluding carboxylic acids is 3. The van der Waals surface area contributed by atoms with E-state index in [1.54, 1.807) is 0 Å². The second-order valence-corrected chi connectivity index (χ2v) is 6.51. The van der Waals surface area contributed by atoms with Crippen molar-refractivity contribution < 1.29 is 48.7 Å². The van der Waals surface area contributed by atoms with Crippen LogP contribution in [0.4, 0.5) is 0 Å². The van der Waals surface area contributed by atoms with Gasteiger partial charge in [0.2, 0.25) is 0 Å². The number of esters is 2. The van der Waals surface area contributed by atoms with E-state index in [2.05, 4.69) is 0 Å². The van der Waals surface area contributed by atoms with Crippen molar-refractivity contribution in [3.05, 3.63) is 39.4 Å². The van der Waals surface area contributed by atoms with Gasteiger partial charge in [-0.05, 0) is 25.5 Å². The molecule has 3 N–H and O–H groups in total. The van der Waals surface area contributed by atoms with E-state index < -0.39 is 41.6 Å². The van der Waals surface area contributed by atoms with Crippen LogP contribution in [0.3, 0.4) is 0 Å². The van der Waals surface area contributed by atoms with Gasteiger partial charge >= 0.3 is 17.9 Å². The Morgan fingerprint density at radius 2 is 1.80 bits per heavy atom. The number of aryl methyl sites for hydroxylation is 1. The third-order valence-electron chi connectivity index (χ3n) is 4.57. The highest BCUT2D eigenvalue weighted by Crippen LogP contribution is 2.50. The van der Waals surface area contributed by atoms with Gasteiger partial charge in [-0.1, -0.05) is 0 Å². The molecule has 10 nitrogen and oxygen atoms in total. The van der Waals surface area contributed by atoms with E-state index in [-0.39, 0.29) is 51.4 Å². The Balaban J connectivity index is 2.38. The molecule has 0 saturated carbocycles. The minimum atomic E-state index is -1.51. The zero-order valence-electron chi connectivity index (χ0n) is 16.1. The number of rotatable bonds is 4. The monoisotopic (exact) mass is 416 g/mol. The molecule has 30 heavy (non-hydrogen) atoms. The van der Waals surface area contributed by atoms with Crippen LogP contribution in [-0.4, -0.2) is 39.5 Å². The number of ether oxygens (including phenoxy) is 3. The molecule has 2 aromatic rings. The molecule has 1 aliphatic rings. The maximum Gasteiger partial charge on any atom is 0.347 e. The summed E-state index contributed by atoms with van der Waals surface area (Å²) in [5.74, 6) is -5.41. The number of carbonyl (C=O) groups is 4. The van der Waals surface area contributed by atoms with Gasteiger partial charge in [-0.3, -0.25) is 9.59 Å². The molecule has 0 radical (unpaired) electrons. The lowest BCUT2D eigenvalue weighted by molar-refractivity contribution is -0.142. The van der Waals surface area contributed by atoms with Crippen LogP contribution in [0.1, 0.15) is 54.7 Å². The Labute approximate surface area is 169 Å². The molecule has 0 amide bonds. The number of phenols is 2. The van der Waals surface area contributed by atoms with Crippen molar-refractivity contribution in [2.24, 2.45) is 0 Å². The number of aromatic carboxylic acids is 1. The number of carboxylic acids is 1. The standard InChI is InChI=1S/C20H16O10/c1-7-4-12(23)10(5-21)17-13(7)20(27)30-18-11(6-28-9(3)22)15(24)14(19(25)26)8(2)16(18)29-17/h4-5,23-24H,6H2,1-3H3,(H,25,26). The van der Waals surface area contributed by atoms with Gasteiger partial charge in [-0.25, -0.2) is 9.59 Å². The summed E-state index contributed by atoms with van der Waals surface area (Å²) in [7, 11) is 0. The number of fused-ring (bicyclic) bond motifs is 2. The first kappa shape index (κ1) is 20.6. The molecule has 3 rings (SSSR count). The predicted octanol–water partition coefficient (Wildman–Crippen LogP) is 2.61. The fraction of sp³-hybridized carbons (Fsp3) is 0.200. The Morgan fingerprint density at radius 3 is 2.37 bits per heavy atom. The molecule has 0 aliphatic carbocycles. The van der Waals surface area contributed by atoms with Gasteiger partial charge in [0, 0.05) is 12.5 Å². The van der Waals surface area contributed by atoms with Crippen molar-refractivity contribution in [1.82, 2.24) is 0 Å². The second kappa shape index (κ2) is 7.39. The van der Waals surface area contributed by atoms with Crippen LogP contribution in [0, 0.1) is 13.8 Å². The quantitative estimate of drug-likeness (QED) is 0.384. The molecule has 0 fully saturated rings. The summed E-state index contributed by atoms with van der Waals surface area (Å²) in [5.41, 5.74) is -1.27. The Hall–Kier alpha value is -4.08. The number of aromatic hydroxyl groups is 2. The average molecular weight is 416 g/mol. The number of aldehydes is 1. The summed E-state index contributed by atoms with van der Waals surface area (Å²) in [4.78, 5) is 47.3. The van der Waals surface area contributed by atoms with Gasteiger partial charge < -0.3 is 29.5 Å². The first-order valence-electron chi connectivity index (χ1n) is 8.55. The largest absolute Gasteiger partial charge is 0.507 e. The van der Waals surface area contributed by atoms with Crippen molar-refractivity contribution in [2.45, 2.75) is 27.4 Å². The van der Waals surface area contributed by atoms with Gasteiger partial charge in [-0.15, -0.1) is 0 Å². The summed E-state index contributed by atoms with van der Waals surface area (Å²) >= 11 is 0. The highest BCUT2D eigenvalue weighted by atomic mass is 16.6. The molecule has 156 valence electrons. The molecule has 10 heteroatoms. The SMILES string of the molecule is CC(=O)OCc1c(O)c(C(=O)O)c(C)c2c1OC(=O)c1c(C)cc(O)c(C=O)c1O2. The highest BCUT2D eigenvalue weighted by Gasteiger charge is 2.35. The maximum absolute atomic E-state index is 12.8. The van der Waals surface area contributed by atoms with Crippen LogP contribution in [0.2, 0.25) is 0 Å². The van der Waals surface area contributed by atoms with Crippen LogP contribution in [0.25, 0.3) is 0 Å². The van der Waals surface area contributed by atoms with Crippen LogP contribution in [-0.2, 0) is 16.1 Å². The molecule has 0 bridgehead atoms. The minimum absolute atomic E-state index is 0.111. The summed E-state index contributed by atoms with van der Waals surface area (Å²) < 4.78 is 15.9. The molecule has 0 unspecified atom stereocenters. The van der Waals surface area contributed by atoms with Crippen LogP contribution >= 0.6 is 0 Å². The molecule has 0 saturated heterocycles. The van der Waals surface area contributed by atoms with Crippen molar-refractivity contribution in [3.63, 3.8) is 0 Å². The van der Waals surface area contributed by atoms with Crippen molar-refractivity contribution in [2.75, 3.05) is 0 Å². The molecule has 1 heterocycles. The lowest BCUT2D eigenvalue weighted by Crippen LogP contribution is -2.13. The Bertz CT molecular complexity index is 1130. The number of carboxylic acid groups (broad SMARTS) is 1. The average Bonchev–Trinajstić information content (AvgIpc) is 2.78. The van der Waals surface area contributed by atoms with Crippen molar-refractivity contribution >= 4 is 24.2 Å². The molecular weight excluding hydrogens is 400 g/mol. The topological polar surface area (TPSA) is 157 Å². The minimum Gasteiger partial charge on any atom is -0.507 e. The summed E-state index contributed by atoms with van der Waals surface area (Å²) in [6, 6.07) is 1.18. The second-order valence-electron chi connectivity index (χ2n) is 6.51. The zero-order chi connectivity index (χ0) is 22.3. The number of hydrogen-bond donors (Lipinski definition) is 3. The first-order chi connectivity index (χ1) is 14.1. The van der Waals surface area contributed by atoms with Crippen molar-refractivity contribution in [1.29, 1.82) is 0 Å². The molecule has 0 atom stereocenters. The van der Waals surface area contributed by atoms with Crippen LogP contribution in [0.5, 0.6) is 28.7 Å². The number of hydrogen-bond acceptors (Lipinski definition) is 9. The van der Waals surface area contributed by atoms with Gasteiger partial charge in [0.25, 0.3) is 0 Å². The van der Waals surface area contributed by atoms with Gasteiger partial charge in [-0.2, -0.15) is 0 Å². The summed E-state index contributed by atoms with van der Waals surface area (Å²) in [6.45, 7) is 3.26. The Morgan fingerprint density at radius 1 is 1.13 bits per heavy atom. The van der Waals surface area contributed by atoms with E-state index >= 15 is 0 Å². The normalized spacial score (nSPS) is 12.0. The fourth-order valence-corrected chi connectivity index (χ4v) is 3.16. The van der Waals surface area contributed by atoms with Crippen molar-refractivity contribution in [3.8, 4) is 28.7 Å². The third-order valence-corrected chi connectivity index (χ3v) is 4.57. The zero-order valence-corrected chi connectivity index (χ0v) is 16.1. The molecule has 2 aromatic carbocycles. The summed E-state index contributed by atoms with van der Waals surface area (Å²) in [6.07, 6.45) is 0.277. The molecule has 1 aliphatic heterocycles. The predicted molar refractivity (Wildman–Crippen MR) is 98.5 cm³/mol. The number of phenolic OH excluding ortho intramolecular Hbond substituents is 1. The Kier molecular flexibility index (Phi) is 5.09. The van der Waals surface area contributed by atoms with E-state index in [1.807, 2.05) is 0 Å². The number of benzene rings is 2. The summed E-state index contributed by atoms with van der Waals surface area (Å²) in [5, 5.41) is 30.1. The van der Waals surface area contributed by atoms with E-state index in [0.717, 1.165) is 6.92 Å². The van der Waals surface area contributed by atoms with Crippen LogP contribution < -0.4 is 9.47 Å². The van der Waals surface area contributed by atoms with E-state index in [9.17, 15) is 34.5 Å². The van der Waals surface area contributed by atoms with Gasteiger partial charge in [0.05, 0.1) is 11.1 Å². The highest BCUT2D eigenvalue weighted by molar-refractivity contribution is 6.02. The lowest BCUT2D eigenvalue weighted by Gasteiger charge is -2.18. The third kappa shape index (κ3) is 3.17. The van der Waals surface area contributed by atoms with E-state index in [1.165, 1.54) is 19.9 Å². The first-order valence-corrected chi connectivity index (χ1v) is 8.55. The molecule has 0 spiro atoms. The van der Waals surface area contributed by atoms with Gasteiger partial charge in [0.1, 0.15) is 29.2 Å². The van der Waals surface area contributed by atoms with Gasteiger partial charge in [0.15, 0.2) is 23.5 Å². The lowest BCUT2D eigenvalue weighted by atomic mass is 10.0. The smallest absolute Gasteiger partial charge is 0.347 e. The van der Waals surface area contributed by atoms with E-state index in [0.29, 0.717) is 0 Å². The van der Waals surface area contributed by atoms with Crippen LogP contribution in [0.15, 0.2) is 6.07 Å². The van der Waals surface area contributed by atoms with E-state index in [4.69, 9.17) is 14.2 Å².